The molecule has 0 atom stereocenters. The fourth-order valence-corrected chi connectivity index (χ4v) is 4.98. The van der Waals surface area contributed by atoms with Crippen molar-refractivity contribution >= 4 is 33.1 Å². The van der Waals surface area contributed by atoms with E-state index in [1.165, 1.54) is 11.3 Å². The summed E-state index contributed by atoms with van der Waals surface area (Å²) in [5.41, 5.74) is 3.14. The largest absolute Gasteiger partial charge is 0.378 e. The number of para-hydroxylation sites is 1. The number of nitrogens with zero attached hydrogens (tertiary/aromatic N) is 3. The minimum Gasteiger partial charge on any atom is -0.378 e. The van der Waals surface area contributed by atoms with Crippen LogP contribution in [-0.2, 0) is 22.5 Å². The second-order valence-electron chi connectivity index (χ2n) is 7.95. The highest BCUT2D eigenvalue weighted by Gasteiger charge is 2.18. The third kappa shape index (κ3) is 4.65. The Morgan fingerprint density at radius 1 is 1.26 bits per heavy atom. The van der Waals surface area contributed by atoms with Crippen molar-refractivity contribution in [2.75, 3.05) is 38.3 Å². The first-order chi connectivity index (χ1) is 14.9. The number of carbonyl (C=O) groups is 1. The van der Waals surface area contributed by atoms with Crippen molar-refractivity contribution in [3.05, 3.63) is 56.4 Å². The van der Waals surface area contributed by atoms with Crippen LogP contribution in [0.3, 0.4) is 0 Å². The van der Waals surface area contributed by atoms with Crippen LogP contribution in [-0.4, -0.2) is 54.1 Å². The molecule has 0 bridgehead atoms. The summed E-state index contributed by atoms with van der Waals surface area (Å²) in [5.74, 6) is 0.590. The van der Waals surface area contributed by atoms with Crippen molar-refractivity contribution in [1.29, 1.82) is 0 Å². The maximum absolute atomic E-state index is 12.8. The van der Waals surface area contributed by atoms with E-state index in [4.69, 9.17) is 4.74 Å². The molecule has 7 nitrogen and oxygen atoms in total. The lowest BCUT2D eigenvalue weighted by molar-refractivity contribution is -0.130. The van der Waals surface area contributed by atoms with Gasteiger partial charge in [0, 0.05) is 50.1 Å². The van der Waals surface area contributed by atoms with Gasteiger partial charge in [-0.15, -0.1) is 11.3 Å². The van der Waals surface area contributed by atoms with Crippen LogP contribution < -0.4 is 10.5 Å². The molecule has 1 aromatic carbocycles. The lowest BCUT2D eigenvalue weighted by atomic mass is 10.1. The van der Waals surface area contributed by atoms with Gasteiger partial charge >= 0.3 is 0 Å². The Kier molecular flexibility index (Phi) is 6.38. The molecule has 31 heavy (non-hydrogen) atoms. The molecule has 0 radical (unpaired) electrons. The lowest BCUT2D eigenvalue weighted by Gasteiger charge is -2.31. The van der Waals surface area contributed by atoms with Crippen molar-refractivity contribution in [1.82, 2.24) is 14.9 Å². The number of ether oxygens (including phenoxy) is 1. The normalized spacial score (nSPS) is 14.2. The monoisotopic (exact) mass is 440 g/mol. The van der Waals surface area contributed by atoms with Crippen molar-refractivity contribution in [3.8, 4) is 0 Å². The van der Waals surface area contributed by atoms with Gasteiger partial charge in [0.2, 0.25) is 5.91 Å². The maximum atomic E-state index is 12.8. The number of aromatic nitrogens is 2. The number of rotatable bonds is 6. The summed E-state index contributed by atoms with van der Waals surface area (Å²) in [7, 11) is 1.82. The van der Waals surface area contributed by atoms with E-state index in [1.807, 2.05) is 33.0 Å². The van der Waals surface area contributed by atoms with Crippen LogP contribution in [0, 0.1) is 13.8 Å². The topological polar surface area (TPSA) is 78.5 Å². The smallest absolute Gasteiger partial charge is 0.259 e. The number of hydrogen-bond acceptors (Lipinski definition) is 6. The molecule has 2 aromatic heterocycles. The molecule has 4 rings (SSSR count). The number of carbonyl (C=O) groups excluding carboxylic acids is 1. The van der Waals surface area contributed by atoms with Crippen molar-refractivity contribution in [2.45, 2.75) is 33.2 Å². The summed E-state index contributed by atoms with van der Waals surface area (Å²) in [6.45, 7) is 7.64. The number of amides is 1. The molecular formula is C23H28N4O3S. The predicted molar refractivity (Wildman–Crippen MR) is 124 cm³/mol. The SMILES string of the molecule is Cc1sc2nc(CCC(=O)N(C)Cc3ccccc3N3CCOCC3)[nH]c(=O)c2c1C. The molecule has 0 spiro atoms. The molecule has 0 unspecified atom stereocenters. The van der Waals surface area contributed by atoms with Gasteiger partial charge in [0.05, 0.1) is 18.6 Å². The highest BCUT2D eigenvalue weighted by Crippen LogP contribution is 2.26. The van der Waals surface area contributed by atoms with Crippen LogP contribution in [0.15, 0.2) is 29.1 Å². The molecule has 0 saturated carbocycles. The van der Waals surface area contributed by atoms with E-state index in [-0.39, 0.29) is 11.5 Å². The first-order valence-electron chi connectivity index (χ1n) is 10.6. The van der Waals surface area contributed by atoms with E-state index < -0.39 is 0 Å². The number of aromatic amines is 1. The Bertz CT molecular complexity index is 1150. The number of H-pyrrole nitrogens is 1. The second kappa shape index (κ2) is 9.20. The standard InChI is InChI=1S/C23H28N4O3S/c1-15-16(2)31-23-21(15)22(29)24-19(25-23)8-9-20(28)26(3)14-17-6-4-5-7-18(17)27-10-12-30-13-11-27/h4-7H,8-14H2,1-3H3,(H,24,25,29). The summed E-state index contributed by atoms with van der Waals surface area (Å²) < 4.78 is 5.46. The molecule has 0 aliphatic carbocycles. The lowest BCUT2D eigenvalue weighted by Crippen LogP contribution is -2.37. The van der Waals surface area contributed by atoms with E-state index in [2.05, 4.69) is 27.0 Å². The Balaban J connectivity index is 1.42. The van der Waals surface area contributed by atoms with E-state index in [9.17, 15) is 9.59 Å². The molecule has 1 aliphatic heterocycles. The number of anilines is 1. The summed E-state index contributed by atoms with van der Waals surface area (Å²) in [6, 6.07) is 8.21. The third-order valence-electron chi connectivity index (χ3n) is 5.84. The molecule has 3 aromatic rings. The van der Waals surface area contributed by atoms with Crippen molar-refractivity contribution in [3.63, 3.8) is 0 Å². The highest BCUT2D eigenvalue weighted by atomic mass is 32.1. The average molecular weight is 441 g/mol. The molecule has 1 saturated heterocycles. The fourth-order valence-electron chi connectivity index (χ4n) is 3.93. The van der Waals surface area contributed by atoms with Crippen LogP contribution in [0.2, 0.25) is 0 Å². The minimum atomic E-state index is -0.123. The van der Waals surface area contributed by atoms with Gasteiger partial charge in [0.1, 0.15) is 10.7 Å². The average Bonchev–Trinajstić information content (AvgIpc) is 3.06. The molecule has 1 fully saturated rings. The quantitative estimate of drug-likeness (QED) is 0.638. The molecule has 1 N–H and O–H groups in total. The summed E-state index contributed by atoms with van der Waals surface area (Å²) in [5, 5.41) is 0.661. The number of aryl methyl sites for hydroxylation is 3. The molecule has 1 amide bonds. The number of hydrogen-bond donors (Lipinski definition) is 1. The zero-order chi connectivity index (χ0) is 22.0. The molecule has 8 heteroatoms. The minimum absolute atomic E-state index is 0.0260. The maximum Gasteiger partial charge on any atom is 0.259 e. The zero-order valence-corrected chi connectivity index (χ0v) is 19.1. The molecule has 3 heterocycles. The highest BCUT2D eigenvalue weighted by molar-refractivity contribution is 7.18. The van der Waals surface area contributed by atoms with Gasteiger partial charge in [-0.2, -0.15) is 0 Å². The Morgan fingerprint density at radius 3 is 2.77 bits per heavy atom. The van der Waals surface area contributed by atoms with Crippen LogP contribution in [0.1, 0.15) is 28.2 Å². The van der Waals surface area contributed by atoms with Gasteiger partial charge < -0.3 is 19.5 Å². The molecular weight excluding hydrogens is 412 g/mol. The van der Waals surface area contributed by atoms with E-state index >= 15 is 0 Å². The number of nitrogens with one attached hydrogen (secondary N) is 1. The van der Waals surface area contributed by atoms with Gasteiger partial charge in [-0.25, -0.2) is 4.98 Å². The third-order valence-corrected chi connectivity index (χ3v) is 6.94. The number of fused-ring (bicyclic) bond motifs is 1. The van der Waals surface area contributed by atoms with E-state index in [0.717, 1.165) is 52.8 Å². The first kappa shape index (κ1) is 21.5. The van der Waals surface area contributed by atoms with Gasteiger partial charge in [-0.05, 0) is 31.0 Å². The van der Waals surface area contributed by atoms with Crippen LogP contribution >= 0.6 is 11.3 Å². The summed E-state index contributed by atoms with van der Waals surface area (Å²) in [6.07, 6.45) is 0.712. The van der Waals surface area contributed by atoms with E-state index in [0.29, 0.717) is 30.6 Å². The number of thiophene rings is 1. The number of benzene rings is 1. The molecule has 164 valence electrons. The predicted octanol–water partition coefficient (Wildman–Crippen LogP) is 3.03. The Labute approximate surface area is 185 Å². The van der Waals surface area contributed by atoms with Gasteiger partial charge in [0.15, 0.2) is 0 Å². The summed E-state index contributed by atoms with van der Waals surface area (Å²) >= 11 is 1.52. The van der Waals surface area contributed by atoms with E-state index in [1.54, 1.807) is 4.90 Å². The second-order valence-corrected chi connectivity index (χ2v) is 9.16. The Morgan fingerprint density at radius 2 is 2.00 bits per heavy atom. The van der Waals surface area contributed by atoms with Crippen LogP contribution in [0.4, 0.5) is 5.69 Å². The van der Waals surface area contributed by atoms with Crippen LogP contribution in [0.5, 0.6) is 0 Å². The van der Waals surface area contributed by atoms with Gasteiger partial charge in [-0.3, -0.25) is 9.59 Å². The number of morpholine rings is 1. The van der Waals surface area contributed by atoms with Gasteiger partial charge in [0.25, 0.3) is 5.56 Å². The Hall–Kier alpha value is -2.71. The van der Waals surface area contributed by atoms with Crippen molar-refractivity contribution < 1.29 is 9.53 Å². The first-order valence-corrected chi connectivity index (χ1v) is 11.4. The fraction of sp³-hybridized carbons (Fsp3) is 0.435. The summed E-state index contributed by atoms with van der Waals surface area (Å²) in [4.78, 5) is 38.6. The molecule has 1 aliphatic rings. The zero-order valence-electron chi connectivity index (χ0n) is 18.2. The van der Waals surface area contributed by atoms with Gasteiger partial charge in [-0.1, -0.05) is 18.2 Å². The van der Waals surface area contributed by atoms with Crippen LogP contribution in [0.25, 0.3) is 10.2 Å². The van der Waals surface area contributed by atoms with Crippen molar-refractivity contribution in [2.24, 2.45) is 0 Å².